The van der Waals surface area contributed by atoms with E-state index in [1.807, 2.05) is 69.7 Å². The maximum absolute atomic E-state index is 9.68. The number of aliphatic hydroxyl groups excluding tert-OH is 2. The zero-order chi connectivity index (χ0) is 39.9. The number of aliphatic hydroxyl groups is 2. The van der Waals surface area contributed by atoms with Gasteiger partial charge in [-0.2, -0.15) is 0 Å². The predicted molar refractivity (Wildman–Crippen MR) is 234 cm³/mol. The topological polar surface area (TPSA) is 125 Å². The van der Waals surface area contributed by atoms with E-state index in [2.05, 4.69) is 31.0 Å². The number of anilines is 2. The first kappa shape index (κ1) is 39.8. The fraction of sp³-hybridized carbons (Fsp3) is 0.455. The van der Waals surface area contributed by atoms with Crippen molar-refractivity contribution < 1.29 is 10.2 Å². The van der Waals surface area contributed by atoms with Gasteiger partial charge in [-0.1, -0.05) is 58.5 Å². The molecule has 4 N–H and O–H groups in total. The first-order chi connectivity index (χ1) is 28.2. The normalized spacial score (nSPS) is 22.2. The molecule has 0 aliphatic heterocycles. The molecule has 0 unspecified atom stereocenters. The van der Waals surface area contributed by atoms with Gasteiger partial charge in [0.2, 0.25) is 0 Å². The van der Waals surface area contributed by atoms with Gasteiger partial charge in [0.1, 0.15) is 11.6 Å². The van der Waals surface area contributed by atoms with E-state index in [9.17, 15) is 10.2 Å². The Labute approximate surface area is 358 Å². The molecule has 10 rings (SSSR count). The minimum Gasteiger partial charge on any atom is -0.393 e. The van der Waals surface area contributed by atoms with Crippen molar-refractivity contribution in [1.29, 1.82) is 0 Å². The molecule has 14 heteroatoms. The second-order valence-electron chi connectivity index (χ2n) is 16.7. The molecule has 304 valence electrons. The molecule has 0 spiro atoms. The number of nitrogens with one attached hydrogen (secondary N) is 2. The molecule has 4 heterocycles. The Morgan fingerprint density at radius 1 is 0.517 bits per heavy atom. The number of benzene rings is 2. The van der Waals surface area contributed by atoms with Gasteiger partial charge in [-0.25, -0.2) is 0 Å². The fourth-order valence-electron chi connectivity index (χ4n) is 8.31. The average Bonchev–Trinajstić information content (AvgIpc) is 4.14. The van der Waals surface area contributed by atoms with E-state index in [0.29, 0.717) is 43.5 Å². The molecule has 58 heavy (non-hydrogen) atoms. The van der Waals surface area contributed by atoms with E-state index >= 15 is 0 Å². The van der Waals surface area contributed by atoms with Gasteiger partial charge in [0.15, 0.2) is 11.3 Å². The molecule has 4 fully saturated rings. The Kier molecular flexibility index (Phi) is 11.8. The summed E-state index contributed by atoms with van der Waals surface area (Å²) in [5.41, 5.74) is 6.94. The van der Waals surface area contributed by atoms with Crippen LogP contribution < -0.4 is 10.6 Å². The lowest BCUT2D eigenvalue weighted by atomic mass is 9.93. The van der Waals surface area contributed by atoms with Crippen molar-refractivity contribution in [3.63, 3.8) is 0 Å². The largest absolute Gasteiger partial charge is 0.393 e. The summed E-state index contributed by atoms with van der Waals surface area (Å²) in [6.07, 6.45) is 17.9. The van der Waals surface area contributed by atoms with Crippen LogP contribution in [0.3, 0.4) is 0 Å². The summed E-state index contributed by atoms with van der Waals surface area (Å²) in [5.74, 6) is 3.44. The van der Waals surface area contributed by atoms with Crippen LogP contribution in [0.1, 0.15) is 88.7 Å². The monoisotopic (exact) mass is 860 g/mol. The van der Waals surface area contributed by atoms with E-state index in [-0.39, 0.29) is 12.2 Å². The molecule has 0 amide bonds. The van der Waals surface area contributed by atoms with Crippen molar-refractivity contribution in [3.05, 3.63) is 92.7 Å². The van der Waals surface area contributed by atoms with Crippen molar-refractivity contribution in [2.75, 3.05) is 10.6 Å². The van der Waals surface area contributed by atoms with Gasteiger partial charge in [0.25, 0.3) is 0 Å². The van der Waals surface area contributed by atoms with Crippen LogP contribution in [0.15, 0.2) is 60.9 Å². The Hall–Kier alpha value is -3.64. The molecule has 0 radical (unpaired) electrons. The Bertz CT molecular complexity index is 2240. The first-order valence-corrected chi connectivity index (χ1v) is 22.2. The third-order valence-electron chi connectivity index (χ3n) is 12.2. The maximum atomic E-state index is 9.68. The number of fused-ring (bicyclic) bond motifs is 2. The summed E-state index contributed by atoms with van der Waals surface area (Å²) in [6, 6.07) is 16.7. The third-order valence-corrected chi connectivity index (χ3v) is 13.6. The summed E-state index contributed by atoms with van der Waals surface area (Å²) < 4.78 is 4.00. The summed E-state index contributed by atoms with van der Waals surface area (Å²) in [4.78, 5) is 0. The molecular formula is C44H48Cl4N8O2. The Morgan fingerprint density at radius 2 is 0.914 bits per heavy atom. The lowest BCUT2D eigenvalue weighted by molar-refractivity contribution is 0.125. The third kappa shape index (κ3) is 8.93. The molecular weight excluding hydrogens is 814 g/mol. The minimum atomic E-state index is -0.162. The smallest absolute Gasteiger partial charge is 0.180 e. The van der Waals surface area contributed by atoms with Crippen molar-refractivity contribution in [2.24, 2.45) is 11.8 Å². The lowest BCUT2D eigenvalue weighted by Crippen LogP contribution is -2.28. The number of pyridine rings is 2. The van der Waals surface area contributed by atoms with Crippen LogP contribution in [0.2, 0.25) is 20.1 Å². The summed E-state index contributed by atoms with van der Waals surface area (Å²) >= 11 is 26.6. The summed E-state index contributed by atoms with van der Waals surface area (Å²) in [6.45, 7) is 0. The van der Waals surface area contributed by atoms with Gasteiger partial charge in [0, 0.05) is 48.4 Å². The highest BCUT2D eigenvalue weighted by Gasteiger charge is 2.27. The molecule has 4 aliphatic rings. The van der Waals surface area contributed by atoms with Gasteiger partial charge in [-0.3, -0.25) is 8.80 Å². The molecule has 4 aromatic heterocycles. The molecule has 4 aliphatic carbocycles. The van der Waals surface area contributed by atoms with Crippen LogP contribution >= 0.6 is 46.4 Å². The zero-order valence-corrected chi connectivity index (χ0v) is 35.3. The summed E-state index contributed by atoms with van der Waals surface area (Å²) in [7, 11) is 0. The lowest BCUT2D eigenvalue weighted by Gasteiger charge is -2.27. The Morgan fingerprint density at radius 3 is 1.28 bits per heavy atom. The fourth-order valence-corrected chi connectivity index (χ4v) is 9.38. The molecule has 6 aromatic rings. The van der Waals surface area contributed by atoms with Gasteiger partial charge in [-0.05, 0) is 136 Å². The second-order valence-corrected chi connectivity index (χ2v) is 18.3. The van der Waals surface area contributed by atoms with E-state index in [4.69, 9.17) is 46.4 Å². The van der Waals surface area contributed by atoms with Gasteiger partial charge < -0.3 is 20.8 Å². The molecule has 0 saturated heterocycles. The number of nitrogens with zero attached hydrogens (tertiary/aromatic N) is 6. The van der Waals surface area contributed by atoms with Crippen LogP contribution in [0.5, 0.6) is 0 Å². The summed E-state index contributed by atoms with van der Waals surface area (Å²) in [5, 5.41) is 46.3. The van der Waals surface area contributed by atoms with Crippen molar-refractivity contribution in [1.82, 2.24) is 29.2 Å². The number of hydrogen-bond donors (Lipinski definition) is 4. The van der Waals surface area contributed by atoms with Gasteiger partial charge >= 0.3 is 0 Å². The highest BCUT2D eigenvalue weighted by Crippen LogP contribution is 2.39. The van der Waals surface area contributed by atoms with E-state index in [1.165, 1.54) is 25.7 Å². The molecule has 2 aromatic carbocycles. The van der Waals surface area contributed by atoms with Crippen LogP contribution in [0.4, 0.5) is 11.4 Å². The van der Waals surface area contributed by atoms with Crippen LogP contribution in [-0.2, 0) is 12.8 Å². The SMILES string of the molecule is OC1CCC(Nc2ccc(-c3ccn4c(CC5CC5)nnc4c3Cl)cc2Cl)CC1.OC1CCC(Nc2ccc(-c3ccn4c(CC5CC5)nnc4c3Cl)cc2Cl)CC1. The van der Waals surface area contributed by atoms with Gasteiger partial charge in [0.05, 0.1) is 43.7 Å². The van der Waals surface area contributed by atoms with E-state index in [0.717, 1.165) is 121 Å². The van der Waals surface area contributed by atoms with Crippen LogP contribution in [0.25, 0.3) is 33.5 Å². The molecule has 0 atom stereocenters. The molecule has 4 saturated carbocycles. The highest BCUT2D eigenvalue weighted by molar-refractivity contribution is 6.37. The quantitative estimate of drug-likeness (QED) is 0.107. The zero-order valence-electron chi connectivity index (χ0n) is 32.2. The van der Waals surface area contributed by atoms with E-state index in [1.54, 1.807) is 0 Å². The second kappa shape index (κ2) is 17.1. The van der Waals surface area contributed by atoms with Crippen molar-refractivity contribution in [2.45, 2.75) is 114 Å². The minimum absolute atomic E-state index is 0.162. The standard InChI is InChI=1S/2C22H24Cl2N4O/c2*23-18-12-14(3-8-19(18)25-15-4-6-16(29)7-5-15)17-9-10-28-20(11-13-1-2-13)26-27-22(28)21(17)24/h2*3,8-10,12-13,15-16,25,29H,1-2,4-7,11H2. The molecule has 10 nitrogen and oxygen atoms in total. The number of halogens is 4. The van der Waals surface area contributed by atoms with E-state index < -0.39 is 0 Å². The van der Waals surface area contributed by atoms with Crippen molar-refractivity contribution >= 4 is 69.1 Å². The van der Waals surface area contributed by atoms with Gasteiger partial charge in [-0.15, -0.1) is 20.4 Å². The van der Waals surface area contributed by atoms with Crippen LogP contribution in [0, 0.1) is 11.8 Å². The van der Waals surface area contributed by atoms with Crippen LogP contribution in [-0.4, -0.2) is 63.7 Å². The maximum Gasteiger partial charge on any atom is 0.180 e. The number of aromatic nitrogens is 6. The highest BCUT2D eigenvalue weighted by atomic mass is 35.5. The first-order valence-electron chi connectivity index (χ1n) is 20.7. The molecule has 0 bridgehead atoms. The Balaban J connectivity index is 0.000000150. The average molecular weight is 863 g/mol. The number of rotatable bonds is 10. The predicted octanol–water partition coefficient (Wildman–Crippen LogP) is 10.7. The van der Waals surface area contributed by atoms with Crippen molar-refractivity contribution in [3.8, 4) is 22.3 Å². The number of hydrogen-bond acceptors (Lipinski definition) is 8.